The highest BCUT2D eigenvalue weighted by atomic mass is 35.5. The maximum Gasteiger partial charge on any atom is 0.397 e. The van der Waals surface area contributed by atoms with Gasteiger partial charge in [-0.3, -0.25) is 9.59 Å². The first-order valence-corrected chi connectivity index (χ1v) is 17.0. The second-order valence-corrected chi connectivity index (χ2v) is 13.2. The number of carbonyl (C=O) groups is 2. The third kappa shape index (κ3) is 15.1. The maximum absolute atomic E-state index is 12.2. The standard InChI is InChI=1S/C18H13ClF3N5OS.C13H8Cl2F3N3OS/c19-13-9-15(26-14-3-1-2-8-23-14)27-17(25-13)29-12-6-4-11(5-7-12)24-16(28)10-18(20,21)22;14-9-5-10(15)21-12(20-9)23-8-3-1-7(2-4-8)19-11(22)6-13(16,17)18/h1-9H,10H2,(H,24,28)(H,23,25,26,27);1-5H,6H2,(H,19,22). The first-order chi connectivity index (χ1) is 24.5. The van der Waals surface area contributed by atoms with Crippen LogP contribution in [0.15, 0.2) is 105 Å². The summed E-state index contributed by atoms with van der Waals surface area (Å²) < 4.78 is 72.9. The highest BCUT2D eigenvalue weighted by molar-refractivity contribution is 7.99. The van der Waals surface area contributed by atoms with E-state index in [1.54, 1.807) is 48.7 Å². The molecule has 2 aromatic carbocycles. The fourth-order valence-electron chi connectivity index (χ4n) is 3.69. The molecule has 0 atom stereocenters. The van der Waals surface area contributed by atoms with Crippen molar-refractivity contribution >= 4 is 93.2 Å². The number of aromatic nitrogens is 5. The van der Waals surface area contributed by atoms with Crippen LogP contribution in [-0.2, 0) is 9.59 Å². The van der Waals surface area contributed by atoms with E-state index < -0.39 is 37.0 Å². The van der Waals surface area contributed by atoms with E-state index in [1.807, 2.05) is 6.07 Å². The highest BCUT2D eigenvalue weighted by Crippen LogP contribution is 2.30. The first-order valence-electron chi connectivity index (χ1n) is 14.2. The quantitative estimate of drug-likeness (QED) is 0.0710. The molecule has 0 fully saturated rings. The summed E-state index contributed by atoms with van der Waals surface area (Å²) in [5, 5.41) is 8.71. The van der Waals surface area contributed by atoms with Crippen molar-refractivity contribution in [3.63, 3.8) is 0 Å². The molecule has 3 aromatic heterocycles. The van der Waals surface area contributed by atoms with Crippen LogP contribution in [0.3, 0.4) is 0 Å². The van der Waals surface area contributed by atoms with Crippen LogP contribution in [0.5, 0.6) is 0 Å². The number of nitrogens with zero attached hydrogens (tertiary/aromatic N) is 5. The second-order valence-electron chi connectivity index (χ2n) is 9.93. The molecule has 0 aliphatic heterocycles. The molecule has 0 saturated carbocycles. The summed E-state index contributed by atoms with van der Waals surface area (Å²) in [5.41, 5.74) is 0.516. The molecule has 10 nitrogen and oxygen atoms in total. The van der Waals surface area contributed by atoms with Gasteiger partial charge in [0.2, 0.25) is 11.8 Å². The van der Waals surface area contributed by atoms with Crippen molar-refractivity contribution in [3.8, 4) is 0 Å². The smallest absolute Gasteiger partial charge is 0.326 e. The molecule has 5 rings (SSSR count). The zero-order valence-electron chi connectivity index (χ0n) is 25.8. The number of nitrogens with one attached hydrogen (secondary N) is 3. The van der Waals surface area contributed by atoms with Crippen molar-refractivity contribution in [2.45, 2.75) is 45.3 Å². The maximum atomic E-state index is 12.2. The summed E-state index contributed by atoms with van der Waals surface area (Å²) >= 11 is 20.0. The van der Waals surface area contributed by atoms with Crippen LogP contribution in [0.4, 0.5) is 49.4 Å². The van der Waals surface area contributed by atoms with Crippen molar-refractivity contribution in [1.29, 1.82) is 0 Å². The van der Waals surface area contributed by atoms with Gasteiger partial charge in [-0.15, -0.1) is 0 Å². The van der Waals surface area contributed by atoms with E-state index >= 15 is 0 Å². The van der Waals surface area contributed by atoms with Gasteiger partial charge in [0.1, 0.15) is 39.9 Å². The fraction of sp³-hybridized carbons (Fsp3) is 0.129. The number of alkyl halides is 6. The first kappa shape index (κ1) is 40.4. The molecule has 0 spiro atoms. The summed E-state index contributed by atoms with van der Waals surface area (Å²) in [6, 6.07) is 20.7. The monoisotopic (exact) mass is 820 g/mol. The number of benzene rings is 2. The summed E-state index contributed by atoms with van der Waals surface area (Å²) in [6.45, 7) is 0. The van der Waals surface area contributed by atoms with Crippen LogP contribution in [-0.4, -0.2) is 49.1 Å². The highest BCUT2D eigenvalue weighted by Gasteiger charge is 2.32. The lowest BCUT2D eigenvalue weighted by Crippen LogP contribution is -2.21. The molecule has 52 heavy (non-hydrogen) atoms. The fourth-order valence-corrected chi connectivity index (χ4v) is 5.99. The molecule has 21 heteroatoms. The van der Waals surface area contributed by atoms with Crippen LogP contribution >= 0.6 is 58.3 Å². The predicted molar refractivity (Wildman–Crippen MR) is 186 cm³/mol. The minimum atomic E-state index is -4.55. The van der Waals surface area contributed by atoms with Gasteiger partial charge in [0.15, 0.2) is 10.3 Å². The van der Waals surface area contributed by atoms with E-state index in [0.29, 0.717) is 31.7 Å². The number of carbonyl (C=O) groups excluding carboxylic acids is 2. The summed E-state index contributed by atoms with van der Waals surface area (Å²) in [4.78, 5) is 44.6. The van der Waals surface area contributed by atoms with Crippen molar-refractivity contribution < 1.29 is 35.9 Å². The van der Waals surface area contributed by atoms with E-state index in [2.05, 4.69) is 40.9 Å². The second kappa shape index (κ2) is 18.4. The molecule has 5 aromatic rings. The van der Waals surface area contributed by atoms with E-state index in [-0.39, 0.29) is 26.8 Å². The van der Waals surface area contributed by atoms with E-state index in [9.17, 15) is 35.9 Å². The minimum absolute atomic E-state index is 0.198. The van der Waals surface area contributed by atoms with Gasteiger partial charge in [0.25, 0.3) is 0 Å². The van der Waals surface area contributed by atoms with E-state index in [1.165, 1.54) is 53.9 Å². The molecule has 0 saturated heterocycles. The van der Waals surface area contributed by atoms with Gasteiger partial charge < -0.3 is 16.0 Å². The van der Waals surface area contributed by atoms with E-state index in [4.69, 9.17) is 34.8 Å². The molecule has 0 aliphatic rings. The normalized spacial score (nSPS) is 11.2. The molecule has 0 radical (unpaired) electrons. The largest absolute Gasteiger partial charge is 0.397 e. The topological polar surface area (TPSA) is 135 Å². The van der Waals surface area contributed by atoms with Crippen LogP contribution in [0.25, 0.3) is 0 Å². The molecular weight excluding hydrogens is 801 g/mol. The Hall–Kier alpha value is -4.36. The Labute approximate surface area is 314 Å². The molecule has 0 unspecified atom stereocenters. The van der Waals surface area contributed by atoms with Gasteiger partial charge in [-0.25, -0.2) is 24.9 Å². The SMILES string of the molecule is O=C(CC(F)(F)F)Nc1ccc(Sc2nc(Cl)cc(Cl)n2)cc1.O=C(CC(F)(F)F)Nc1ccc(Sc2nc(Cl)cc(Nc3ccccn3)n2)cc1. The Balaban J connectivity index is 0.000000239. The number of pyridine rings is 1. The Kier molecular flexibility index (Phi) is 14.3. The number of halogens is 9. The molecule has 2 amide bonds. The zero-order chi connectivity index (χ0) is 37.9. The average Bonchev–Trinajstić information content (AvgIpc) is 3.01. The number of anilines is 4. The lowest BCUT2D eigenvalue weighted by atomic mass is 10.3. The van der Waals surface area contributed by atoms with Crippen molar-refractivity contribution in [2.24, 2.45) is 0 Å². The number of hydrogen-bond donors (Lipinski definition) is 3. The molecule has 272 valence electrons. The molecule has 3 N–H and O–H groups in total. The van der Waals surface area contributed by atoms with Gasteiger partial charge >= 0.3 is 12.4 Å². The van der Waals surface area contributed by atoms with Crippen LogP contribution in [0.1, 0.15) is 12.8 Å². The predicted octanol–water partition coefficient (Wildman–Crippen LogP) is 10.1. The Morgan fingerprint density at radius 2 is 1.04 bits per heavy atom. The molecule has 0 bridgehead atoms. The third-order valence-electron chi connectivity index (χ3n) is 5.65. The number of rotatable bonds is 10. The van der Waals surface area contributed by atoms with Gasteiger partial charge in [-0.2, -0.15) is 26.3 Å². The van der Waals surface area contributed by atoms with E-state index in [0.717, 1.165) is 0 Å². The molecule has 3 heterocycles. The number of amides is 2. The van der Waals surface area contributed by atoms with Crippen molar-refractivity contribution in [1.82, 2.24) is 24.9 Å². The Morgan fingerprint density at radius 3 is 1.46 bits per heavy atom. The van der Waals surface area contributed by atoms with Crippen molar-refractivity contribution in [3.05, 3.63) is 101 Å². The molecule has 0 aliphatic carbocycles. The lowest BCUT2D eigenvalue weighted by Gasteiger charge is -2.09. The lowest BCUT2D eigenvalue weighted by molar-refractivity contribution is -0.151. The van der Waals surface area contributed by atoms with Gasteiger partial charge in [0.05, 0.1) is 0 Å². The molecular formula is C31H21Cl3F6N8O2S2. The average molecular weight is 822 g/mol. The minimum Gasteiger partial charge on any atom is -0.326 e. The van der Waals surface area contributed by atoms with Crippen LogP contribution < -0.4 is 16.0 Å². The van der Waals surface area contributed by atoms with Crippen molar-refractivity contribution in [2.75, 3.05) is 16.0 Å². The summed E-state index contributed by atoms with van der Waals surface area (Å²) in [7, 11) is 0. The number of hydrogen-bond acceptors (Lipinski definition) is 10. The Bertz CT molecular complexity index is 1960. The van der Waals surface area contributed by atoms with Gasteiger partial charge in [-0.1, -0.05) is 40.9 Å². The summed E-state index contributed by atoms with van der Waals surface area (Å²) in [6.07, 6.45) is -10.5. The zero-order valence-corrected chi connectivity index (χ0v) is 29.7. The van der Waals surface area contributed by atoms with Gasteiger partial charge in [0, 0.05) is 39.5 Å². The summed E-state index contributed by atoms with van der Waals surface area (Å²) in [5.74, 6) is -1.19. The van der Waals surface area contributed by atoms with Gasteiger partial charge in [-0.05, 0) is 84.2 Å². The van der Waals surface area contributed by atoms with Crippen LogP contribution in [0.2, 0.25) is 15.5 Å². The third-order valence-corrected chi connectivity index (χ3v) is 7.98. The van der Waals surface area contributed by atoms with Crippen LogP contribution in [0, 0.1) is 0 Å². The Morgan fingerprint density at radius 1 is 0.596 bits per heavy atom.